The number of nitrogens with zero attached hydrogens (tertiary/aromatic N) is 4. The molecule has 32 heteroatoms. The van der Waals surface area contributed by atoms with Gasteiger partial charge in [0.15, 0.2) is 13.2 Å². The Morgan fingerprint density at radius 2 is 0.852 bits per heavy atom. The normalized spacial score (nSPS) is 16.0. The van der Waals surface area contributed by atoms with Gasteiger partial charge in [-0.05, 0) is 30.5 Å². The summed E-state index contributed by atoms with van der Waals surface area (Å²) < 4.78 is 362. The number of rotatable bonds is 15. The molecule has 2 heterocycles. The first-order chi connectivity index (χ1) is 27.1. The molecule has 3 aromatic rings. The molecule has 1 aliphatic carbocycles. The van der Waals surface area contributed by atoms with E-state index in [-0.39, 0.29) is 29.4 Å². The SMILES string of the molecule is FC(F)(F)C(F)(F)C(F)(F)C(F)(F)C(F)(F)C(F)(F)COc1nc(OCC(F)(F)C(F)(F)C(F)(F)C(F)(F)C(F)(F)C(F)(F)F)nc(-n2c3c(c4ccccc42)CCC=C3)n1. The monoisotopic (exact) mass is 944 g/mol. The largest absolute Gasteiger partial charge is 0.460 e. The minimum absolute atomic E-state index is 0.0955. The van der Waals surface area contributed by atoms with E-state index in [9.17, 15) is 114 Å². The molecule has 0 unspecified atom stereocenters. The van der Waals surface area contributed by atoms with Crippen molar-refractivity contribution < 1.29 is 124 Å². The lowest BCUT2D eigenvalue weighted by Crippen LogP contribution is -2.70. The molecule has 61 heavy (non-hydrogen) atoms. The van der Waals surface area contributed by atoms with Crippen molar-refractivity contribution in [2.75, 3.05) is 13.2 Å². The third-order valence-electron chi connectivity index (χ3n) is 8.40. The predicted octanol–water partition coefficient (Wildman–Crippen LogP) is 11.0. The van der Waals surface area contributed by atoms with Crippen molar-refractivity contribution in [3.05, 3.63) is 41.6 Å². The van der Waals surface area contributed by atoms with Gasteiger partial charge in [-0.25, -0.2) is 0 Å². The van der Waals surface area contributed by atoms with Crippen LogP contribution in [0.3, 0.4) is 0 Å². The Balaban J connectivity index is 1.81. The molecule has 0 atom stereocenters. The lowest BCUT2D eigenvalue weighted by atomic mass is 9.94. The number of allylic oxidation sites excluding steroid dienone is 1. The summed E-state index contributed by atoms with van der Waals surface area (Å²) in [5.41, 5.74) is 0.0125. The predicted molar refractivity (Wildman–Crippen MR) is 147 cm³/mol. The van der Waals surface area contributed by atoms with E-state index in [0.717, 1.165) is 6.07 Å². The van der Waals surface area contributed by atoms with Gasteiger partial charge in [-0.3, -0.25) is 4.57 Å². The number of halogens is 26. The van der Waals surface area contributed by atoms with Crippen LogP contribution in [0.25, 0.3) is 22.9 Å². The van der Waals surface area contributed by atoms with Crippen LogP contribution in [0.15, 0.2) is 30.3 Å². The highest BCUT2D eigenvalue weighted by molar-refractivity contribution is 5.90. The zero-order chi connectivity index (χ0) is 47.2. The first-order valence-electron chi connectivity index (χ1n) is 15.3. The number of aryl methyl sites for hydroxylation is 1. The fourth-order valence-electron chi connectivity index (χ4n) is 5.06. The Morgan fingerprint density at radius 1 is 0.475 bits per heavy atom. The summed E-state index contributed by atoms with van der Waals surface area (Å²) in [6, 6.07) is 0.616. The van der Waals surface area contributed by atoms with E-state index >= 15 is 0 Å². The number of aromatic nitrogens is 4. The Labute approximate surface area is 318 Å². The van der Waals surface area contributed by atoms with Crippen molar-refractivity contribution in [2.24, 2.45) is 0 Å². The van der Waals surface area contributed by atoms with Gasteiger partial charge in [-0.15, -0.1) is 4.98 Å². The van der Waals surface area contributed by atoms with Crippen LogP contribution in [0.4, 0.5) is 114 Å². The molecule has 0 amide bonds. The smallest absolute Gasteiger partial charge is 0.457 e. The van der Waals surface area contributed by atoms with E-state index in [1.807, 2.05) is 0 Å². The van der Waals surface area contributed by atoms with Crippen LogP contribution in [-0.4, -0.2) is 104 Å². The van der Waals surface area contributed by atoms with Gasteiger partial charge in [-0.2, -0.15) is 124 Å². The minimum atomic E-state index is -8.38. The van der Waals surface area contributed by atoms with Gasteiger partial charge in [-0.1, -0.05) is 24.3 Å². The minimum Gasteiger partial charge on any atom is -0.457 e. The highest BCUT2D eigenvalue weighted by Crippen LogP contribution is 2.62. The highest BCUT2D eigenvalue weighted by atomic mass is 19.4. The van der Waals surface area contributed by atoms with Crippen LogP contribution < -0.4 is 9.47 Å². The van der Waals surface area contributed by atoms with Crippen molar-refractivity contribution >= 4 is 17.0 Å². The summed E-state index contributed by atoms with van der Waals surface area (Å²) in [5.74, 6) is -81.2. The van der Waals surface area contributed by atoms with Crippen molar-refractivity contribution in [2.45, 2.75) is 84.4 Å². The molecule has 0 N–H and O–H groups in total. The van der Waals surface area contributed by atoms with E-state index in [2.05, 4.69) is 24.4 Å². The zero-order valence-corrected chi connectivity index (χ0v) is 28.2. The molecule has 4 rings (SSSR count). The third-order valence-corrected chi connectivity index (χ3v) is 8.40. The average Bonchev–Trinajstić information content (AvgIpc) is 3.46. The molecule has 0 saturated heterocycles. The lowest BCUT2D eigenvalue weighted by Gasteiger charge is -2.39. The van der Waals surface area contributed by atoms with Crippen LogP contribution >= 0.6 is 0 Å². The molecule has 344 valence electrons. The second-order valence-corrected chi connectivity index (χ2v) is 12.4. The topological polar surface area (TPSA) is 62.1 Å². The van der Waals surface area contributed by atoms with Gasteiger partial charge in [0, 0.05) is 5.39 Å². The van der Waals surface area contributed by atoms with Gasteiger partial charge < -0.3 is 9.47 Å². The molecule has 0 fully saturated rings. The molecular weight excluding hydrogens is 930 g/mol. The number of hydrogen-bond donors (Lipinski definition) is 0. The first kappa shape index (κ1) is 49.0. The number of alkyl halides is 26. The van der Waals surface area contributed by atoms with Crippen LogP contribution in [-0.2, 0) is 6.42 Å². The molecule has 1 aliphatic rings. The molecule has 6 nitrogen and oxygen atoms in total. The molecule has 0 aliphatic heterocycles. The third kappa shape index (κ3) is 7.24. The zero-order valence-electron chi connectivity index (χ0n) is 28.2. The van der Waals surface area contributed by atoms with Gasteiger partial charge in [0.05, 0.1) is 11.2 Å². The fourth-order valence-corrected chi connectivity index (χ4v) is 5.06. The van der Waals surface area contributed by atoms with Gasteiger partial charge in [0.25, 0.3) is 0 Å². The van der Waals surface area contributed by atoms with Crippen LogP contribution in [0.5, 0.6) is 12.0 Å². The molecule has 0 saturated carbocycles. The molecule has 0 radical (unpaired) electrons. The maximum absolute atomic E-state index is 14.5. The molecular formula is C29H14F26N4O2. The van der Waals surface area contributed by atoms with Crippen LogP contribution in [0.1, 0.15) is 17.7 Å². The summed E-state index contributed by atoms with van der Waals surface area (Å²) in [6.07, 6.45) is -12.7. The maximum atomic E-state index is 14.5. The number of hydrogen-bond acceptors (Lipinski definition) is 5. The van der Waals surface area contributed by atoms with E-state index in [4.69, 9.17) is 0 Å². The van der Waals surface area contributed by atoms with Crippen LogP contribution in [0.2, 0.25) is 0 Å². The summed E-state index contributed by atoms with van der Waals surface area (Å²) in [5, 5.41) is 0.196. The Kier molecular flexibility index (Phi) is 11.6. The quantitative estimate of drug-likeness (QED) is 0.142. The molecule has 0 bridgehead atoms. The number of ether oxygens (including phenoxy) is 2. The Bertz CT molecular complexity index is 2040. The van der Waals surface area contributed by atoms with E-state index in [0.29, 0.717) is 10.1 Å². The van der Waals surface area contributed by atoms with Crippen LogP contribution in [0, 0.1) is 0 Å². The standard InChI is InChI=1S/C29H14F26N4O2/c30-18(31,20(34,35)22(38,39)24(42,43)26(46,47)28(50,51)52)9-60-16-56-15(59-13-7-3-1-5-11(13)12-6-2-4-8-14(12)59)57-17(58-16)61-10-19(32,33)21(36,37)23(40,41)25(44,45)27(48,49)29(53,54)55/h1,3-5,7-8H,2,6,9-10H2. The van der Waals surface area contributed by atoms with Gasteiger partial charge >= 0.3 is 83.6 Å². The second kappa shape index (κ2) is 14.4. The van der Waals surface area contributed by atoms with Gasteiger partial charge in [0.2, 0.25) is 5.95 Å². The molecule has 1 aromatic carbocycles. The first-order valence-corrected chi connectivity index (χ1v) is 15.3. The van der Waals surface area contributed by atoms with Crippen molar-refractivity contribution in [3.8, 4) is 18.0 Å². The summed E-state index contributed by atoms with van der Waals surface area (Å²) in [6.45, 7) is -7.22. The number of benzene rings is 1. The second-order valence-electron chi connectivity index (χ2n) is 12.4. The highest BCUT2D eigenvalue weighted by Gasteiger charge is 2.92. The average molecular weight is 944 g/mol. The summed E-state index contributed by atoms with van der Waals surface area (Å²) in [4.78, 5) is 8.99. The maximum Gasteiger partial charge on any atom is 0.460 e. The van der Waals surface area contributed by atoms with E-state index in [1.54, 1.807) is 0 Å². The molecule has 2 aromatic heterocycles. The molecule has 0 spiro atoms. The van der Waals surface area contributed by atoms with Gasteiger partial charge in [0.1, 0.15) is 0 Å². The number of fused-ring (bicyclic) bond motifs is 3. The van der Waals surface area contributed by atoms with E-state index < -0.39 is 103 Å². The lowest BCUT2D eigenvalue weighted by molar-refractivity contribution is -0.440. The van der Waals surface area contributed by atoms with E-state index in [1.165, 1.54) is 30.4 Å². The van der Waals surface area contributed by atoms with Crippen molar-refractivity contribution in [1.29, 1.82) is 0 Å². The number of para-hydroxylation sites is 1. The van der Waals surface area contributed by atoms with Crippen molar-refractivity contribution in [1.82, 2.24) is 19.5 Å². The summed E-state index contributed by atoms with van der Waals surface area (Å²) in [7, 11) is 0. The van der Waals surface area contributed by atoms with Crippen molar-refractivity contribution in [3.63, 3.8) is 0 Å². The Hall–Kier alpha value is -4.71. The fraction of sp³-hybridized carbons (Fsp3) is 0.552. The Morgan fingerprint density at radius 3 is 1.25 bits per heavy atom. The summed E-state index contributed by atoms with van der Waals surface area (Å²) >= 11 is 0.